The molecule has 1 amide bonds. The first-order valence-corrected chi connectivity index (χ1v) is 14.0. The minimum absolute atomic E-state index is 0.0494. The maximum absolute atomic E-state index is 14.5. The van der Waals surface area contributed by atoms with Gasteiger partial charge in [0.05, 0.1) is 57.5 Å². The Hall–Kier alpha value is -2.70. The molecule has 0 saturated heterocycles. The van der Waals surface area contributed by atoms with E-state index in [-0.39, 0.29) is 47.8 Å². The molecule has 0 bridgehead atoms. The topological polar surface area (TPSA) is 115 Å². The van der Waals surface area contributed by atoms with Crippen molar-refractivity contribution in [1.29, 1.82) is 0 Å². The molecule has 2 fully saturated rings. The van der Waals surface area contributed by atoms with Gasteiger partial charge in [-0.1, -0.05) is 36.0 Å². The minimum atomic E-state index is -4.95. The molecule has 14 heteroatoms. The van der Waals surface area contributed by atoms with Gasteiger partial charge in [-0.3, -0.25) is 24.0 Å². The van der Waals surface area contributed by atoms with Crippen LogP contribution in [-0.2, 0) is 15.7 Å². The van der Waals surface area contributed by atoms with E-state index in [2.05, 4.69) is 10.1 Å². The number of pyridine rings is 1. The molecule has 2 aromatic heterocycles. The molecule has 0 unspecified atom stereocenters. The van der Waals surface area contributed by atoms with E-state index in [9.17, 15) is 32.7 Å². The second-order valence-electron chi connectivity index (χ2n) is 11.1. The van der Waals surface area contributed by atoms with Gasteiger partial charge in [0, 0.05) is 19.5 Å². The number of carbonyl (C=O) groups is 3. The van der Waals surface area contributed by atoms with Gasteiger partial charge >= 0.3 is 12.1 Å². The van der Waals surface area contributed by atoms with Crippen LogP contribution >= 0.6 is 23.2 Å². The summed E-state index contributed by atoms with van der Waals surface area (Å²) in [6.45, 7) is 0.840. The average molecular weight is 619 g/mol. The number of ketones is 1. The Morgan fingerprint density at radius 1 is 1.10 bits per heavy atom. The maximum atomic E-state index is 14.5. The molecule has 1 N–H and O–H groups in total. The van der Waals surface area contributed by atoms with Crippen molar-refractivity contribution < 1.29 is 37.4 Å². The summed E-state index contributed by atoms with van der Waals surface area (Å²) in [6.07, 6.45) is 1.70. The highest BCUT2D eigenvalue weighted by Crippen LogP contribution is 2.44. The van der Waals surface area contributed by atoms with E-state index in [1.165, 1.54) is 19.5 Å². The lowest BCUT2D eigenvalue weighted by Gasteiger charge is -2.35. The van der Waals surface area contributed by atoms with Crippen LogP contribution in [0, 0.1) is 5.41 Å². The molecule has 0 aromatic carbocycles. The standard InChI is InChI=1S/C27H31Cl2F3N4O5/c1-25(24(39)40)9-5-16(6-10-25)36-22(27(30,31)32)17(11-34-36)23(38)35(15-26(41-2)7-3-4-8-26)14-20(37)21-18(28)12-33-13-19(21)29/h11-13,16H,3-10,14-15H2,1-2H3,(H,39,40)/t16-,25-. The minimum Gasteiger partial charge on any atom is -0.481 e. The van der Waals surface area contributed by atoms with Crippen LogP contribution in [0.4, 0.5) is 13.2 Å². The van der Waals surface area contributed by atoms with E-state index in [1.54, 1.807) is 6.92 Å². The highest BCUT2D eigenvalue weighted by molar-refractivity contribution is 6.39. The predicted molar refractivity (Wildman–Crippen MR) is 143 cm³/mol. The molecule has 2 aliphatic carbocycles. The first kappa shape index (κ1) is 31.2. The number of Topliss-reactive ketones (excluding diaryl/α,β-unsaturated/α-hetero) is 1. The number of hydrogen-bond acceptors (Lipinski definition) is 6. The Morgan fingerprint density at radius 2 is 1.68 bits per heavy atom. The molecular weight excluding hydrogens is 588 g/mol. The van der Waals surface area contributed by atoms with Gasteiger partial charge in [0.1, 0.15) is 0 Å². The second kappa shape index (κ2) is 11.9. The third-order valence-electron chi connectivity index (χ3n) is 8.40. The number of alkyl halides is 3. The number of carbonyl (C=O) groups excluding carboxylic acids is 2. The summed E-state index contributed by atoms with van der Waals surface area (Å²) in [6, 6.07) is -0.745. The van der Waals surface area contributed by atoms with Gasteiger partial charge in [0.25, 0.3) is 5.91 Å². The molecule has 2 saturated carbocycles. The Morgan fingerprint density at radius 3 is 2.20 bits per heavy atom. The van der Waals surface area contributed by atoms with Crippen molar-refractivity contribution in [3.05, 3.63) is 45.5 Å². The summed E-state index contributed by atoms with van der Waals surface area (Å²) in [5.74, 6) is -2.70. The monoisotopic (exact) mass is 618 g/mol. The van der Waals surface area contributed by atoms with E-state index in [0.29, 0.717) is 12.8 Å². The van der Waals surface area contributed by atoms with Crippen molar-refractivity contribution in [2.75, 3.05) is 20.2 Å². The number of carboxylic acid groups (broad SMARTS) is 1. The number of hydrogen-bond donors (Lipinski definition) is 1. The zero-order valence-electron chi connectivity index (χ0n) is 22.6. The normalized spacial score (nSPS) is 22.5. The highest BCUT2D eigenvalue weighted by Gasteiger charge is 2.46. The number of aliphatic carboxylic acids is 1. The molecule has 0 radical (unpaired) electrons. The lowest BCUT2D eigenvalue weighted by Crippen LogP contribution is -2.47. The summed E-state index contributed by atoms with van der Waals surface area (Å²) in [7, 11) is 1.47. The van der Waals surface area contributed by atoms with Crippen molar-refractivity contribution in [3.63, 3.8) is 0 Å². The third kappa shape index (κ3) is 6.39. The number of amides is 1. The zero-order valence-corrected chi connectivity index (χ0v) is 24.2. The Kier molecular flexibility index (Phi) is 9.06. The van der Waals surface area contributed by atoms with Crippen molar-refractivity contribution >= 4 is 40.9 Å². The summed E-state index contributed by atoms with van der Waals surface area (Å²) in [5, 5.41) is 13.4. The SMILES string of the molecule is COC1(CN(CC(=O)c2c(Cl)cncc2Cl)C(=O)c2cnn([C@H]3CC[C@](C)(C(=O)O)CC3)c2C(F)(F)F)CCCC1. The zero-order chi connectivity index (χ0) is 30.2. The molecule has 0 atom stereocenters. The number of carboxylic acids is 1. The number of rotatable bonds is 9. The molecule has 224 valence electrons. The van der Waals surface area contributed by atoms with Gasteiger partial charge in [-0.05, 0) is 45.4 Å². The van der Waals surface area contributed by atoms with Gasteiger partial charge in [0.2, 0.25) is 0 Å². The smallest absolute Gasteiger partial charge is 0.433 e. The number of halogens is 5. The molecule has 4 rings (SSSR count). The Bertz CT molecular complexity index is 1300. The summed E-state index contributed by atoms with van der Waals surface area (Å²) in [5.41, 5.74) is -3.89. The fraction of sp³-hybridized carbons (Fsp3) is 0.593. The van der Waals surface area contributed by atoms with E-state index in [4.69, 9.17) is 27.9 Å². The van der Waals surface area contributed by atoms with E-state index >= 15 is 0 Å². The van der Waals surface area contributed by atoms with Gasteiger partial charge in [-0.15, -0.1) is 0 Å². The summed E-state index contributed by atoms with van der Waals surface area (Å²) in [4.78, 5) is 43.7. The molecule has 0 aliphatic heterocycles. The van der Waals surface area contributed by atoms with Crippen LogP contribution in [0.15, 0.2) is 18.6 Å². The predicted octanol–water partition coefficient (Wildman–Crippen LogP) is 6.09. The molecule has 2 aliphatic rings. The molecular formula is C27H31Cl2F3N4O5. The van der Waals surface area contributed by atoms with Crippen molar-refractivity contribution in [1.82, 2.24) is 19.7 Å². The van der Waals surface area contributed by atoms with Crippen LogP contribution in [-0.4, -0.2) is 68.2 Å². The van der Waals surface area contributed by atoms with Crippen LogP contribution < -0.4 is 0 Å². The van der Waals surface area contributed by atoms with Crippen molar-refractivity contribution in [2.24, 2.45) is 5.41 Å². The largest absolute Gasteiger partial charge is 0.481 e. The summed E-state index contributed by atoms with van der Waals surface area (Å²) < 4.78 is 50.1. The molecule has 0 spiro atoms. The van der Waals surface area contributed by atoms with Crippen molar-refractivity contribution in [2.45, 2.75) is 76.1 Å². The van der Waals surface area contributed by atoms with E-state index < -0.39 is 58.7 Å². The Labute approximate surface area is 244 Å². The lowest BCUT2D eigenvalue weighted by atomic mass is 9.74. The van der Waals surface area contributed by atoms with E-state index in [1.807, 2.05) is 0 Å². The number of aromatic nitrogens is 3. The number of ether oxygens (including phenoxy) is 1. The molecule has 9 nitrogen and oxygen atoms in total. The summed E-state index contributed by atoms with van der Waals surface area (Å²) >= 11 is 12.3. The number of methoxy groups -OCH3 is 1. The maximum Gasteiger partial charge on any atom is 0.433 e. The van der Waals surface area contributed by atoms with Gasteiger partial charge in [0.15, 0.2) is 11.5 Å². The first-order chi connectivity index (χ1) is 19.2. The fourth-order valence-corrected chi connectivity index (χ4v) is 6.45. The van der Waals surface area contributed by atoms with Crippen LogP contribution in [0.1, 0.15) is 90.7 Å². The van der Waals surface area contributed by atoms with Crippen LogP contribution in [0.5, 0.6) is 0 Å². The van der Waals surface area contributed by atoms with E-state index in [0.717, 1.165) is 28.6 Å². The lowest BCUT2D eigenvalue weighted by molar-refractivity contribution is -0.152. The fourth-order valence-electron chi connectivity index (χ4n) is 5.87. The van der Waals surface area contributed by atoms with Crippen LogP contribution in [0.2, 0.25) is 10.0 Å². The quantitative estimate of drug-likeness (QED) is 0.338. The van der Waals surface area contributed by atoms with Crippen LogP contribution in [0.3, 0.4) is 0 Å². The highest BCUT2D eigenvalue weighted by atomic mass is 35.5. The third-order valence-corrected chi connectivity index (χ3v) is 8.97. The molecule has 2 aromatic rings. The van der Waals surface area contributed by atoms with Crippen molar-refractivity contribution in [3.8, 4) is 0 Å². The van der Waals surface area contributed by atoms with Crippen LogP contribution in [0.25, 0.3) is 0 Å². The average Bonchev–Trinajstić information content (AvgIpc) is 3.56. The second-order valence-corrected chi connectivity index (χ2v) is 11.9. The van der Waals surface area contributed by atoms with Gasteiger partial charge in [-0.25, -0.2) is 0 Å². The first-order valence-electron chi connectivity index (χ1n) is 13.3. The Balaban J connectivity index is 1.70. The van der Waals surface area contributed by atoms with Gasteiger partial charge < -0.3 is 14.7 Å². The number of nitrogens with zero attached hydrogens (tertiary/aromatic N) is 4. The molecule has 41 heavy (non-hydrogen) atoms. The van der Waals surface area contributed by atoms with Gasteiger partial charge in [-0.2, -0.15) is 18.3 Å². The molecule has 2 heterocycles.